The number of aliphatic hydroxyl groups excluding tert-OH is 1. The molecule has 1 fully saturated rings. The Balaban J connectivity index is 1.97. The Hall–Kier alpha value is 0.190. The number of nitrogens with one attached hydrogen (secondary N) is 1. The van der Waals surface area contributed by atoms with E-state index in [-0.39, 0.29) is 6.10 Å². The highest BCUT2D eigenvalue weighted by Crippen LogP contribution is 2.21. The molecule has 0 aliphatic carbocycles. The standard InChI is InChI=1S/C13H27NO3S/c1-11(9-16-2)17-10-13(15)8-14-7-12-3-5-18-6-4-12/h11-15H,3-10H2,1-2H3. The molecular weight excluding hydrogens is 250 g/mol. The highest BCUT2D eigenvalue weighted by Gasteiger charge is 2.14. The molecule has 4 nitrogen and oxygen atoms in total. The summed E-state index contributed by atoms with van der Waals surface area (Å²) in [7, 11) is 1.65. The fourth-order valence-electron chi connectivity index (χ4n) is 2.02. The molecule has 1 rings (SSSR count). The molecule has 2 N–H and O–H groups in total. The zero-order chi connectivity index (χ0) is 13.2. The van der Waals surface area contributed by atoms with E-state index in [1.165, 1.54) is 24.3 Å². The molecule has 1 heterocycles. The minimum atomic E-state index is -0.428. The molecule has 0 saturated carbocycles. The lowest BCUT2D eigenvalue weighted by Crippen LogP contribution is -2.35. The molecule has 18 heavy (non-hydrogen) atoms. The van der Waals surface area contributed by atoms with Crippen molar-refractivity contribution in [3.8, 4) is 0 Å². The summed E-state index contributed by atoms with van der Waals surface area (Å²) in [6, 6.07) is 0. The van der Waals surface area contributed by atoms with Crippen LogP contribution in [-0.2, 0) is 9.47 Å². The average molecular weight is 277 g/mol. The van der Waals surface area contributed by atoms with Gasteiger partial charge in [-0.2, -0.15) is 11.8 Å². The van der Waals surface area contributed by atoms with Crippen molar-refractivity contribution in [1.82, 2.24) is 5.32 Å². The molecule has 0 aromatic carbocycles. The van der Waals surface area contributed by atoms with Crippen LogP contribution in [0.3, 0.4) is 0 Å². The second kappa shape index (κ2) is 10.0. The highest BCUT2D eigenvalue weighted by molar-refractivity contribution is 7.99. The molecule has 2 atom stereocenters. The summed E-state index contributed by atoms with van der Waals surface area (Å²) in [6.07, 6.45) is 2.21. The minimum absolute atomic E-state index is 0.0417. The Morgan fingerprint density at radius 3 is 2.72 bits per heavy atom. The molecule has 0 bridgehead atoms. The maximum absolute atomic E-state index is 9.76. The van der Waals surface area contributed by atoms with Crippen molar-refractivity contribution in [3.05, 3.63) is 0 Å². The van der Waals surface area contributed by atoms with Crippen molar-refractivity contribution in [1.29, 1.82) is 0 Å². The van der Waals surface area contributed by atoms with Crippen LogP contribution in [0.2, 0.25) is 0 Å². The summed E-state index contributed by atoms with van der Waals surface area (Å²) >= 11 is 2.05. The van der Waals surface area contributed by atoms with Gasteiger partial charge in [-0.15, -0.1) is 0 Å². The second-order valence-corrected chi connectivity index (χ2v) is 6.19. The second-order valence-electron chi connectivity index (χ2n) is 4.97. The lowest BCUT2D eigenvalue weighted by molar-refractivity contribution is -0.0312. The van der Waals surface area contributed by atoms with E-state index in [0.717, 1.165) is 12.5 Å². The molecule has 0 aromatic rings. The molecular formula is C13H27NO3S. The highest BCUT2D eigenvalue weighted by atomic mass is 32.2. The number of rotatable bonds is 9. The van der Waals surface area contributed by atoms with Crippen LogP contribution in [0.5, 0.6) is 0 Å². The van der Waals surface area contributed by atoms with Crippen molar-refractivity contribution >= 4 is 11.8 Å². The summed E-state index contributed by atoms with van der Waals surface area (Å²) < 4.78 is 10.4. The number of methoxy groups -OCH3 is 1. The van der Waals surface area contributed by atoms with E-state index in [1.54, 1.807) is 7.11 Å². The van der Waals surface area contributed by atoms with Gasteiger partial charge in [0.1, 0.15) is 0 Å². The first kappa shape index (κ1) is 16.2. The van der Waals surface area contributed by atoms with Crippen molar-refractivity contribution in [2.75, 3.05) is 44.9 Å². The molecule has 2 unspecified atom stereocenters. The fourth-order valence-corrected chi connectivity index (χ4v) is 3.23. The van der Waals surface area contributed by atoms with Gasteiger partial charge in [-0.1, -0.05) is 0 Å². The molecule has 0 aromatic heterocycles. The van der Waals surface area contributed by atoms with E-state index in [0.29, 0.717) is 19.8 Å². The van der Waals surface area contributed by atoms with Crippen molar-refractivity contribution in [2.24, 2.45) is 5.92 Å². The van der Waals surface area contributed by atoms with E-state index in [1.807, 2.05) is 18.7 Å². The largest absolute Gasteiger partial charge is 0.389 e. The predicted molar refractivity (Wildman–Crippen MR) is 76.2 cm³/mol. The Kier molecular flexibility index (Phi) is 9.06. The first-order valence-corrected chi connectivity index (χ1v) is 7.95. The zero-order valence-corrected chi connectivity index (χ0v) is 12.4. The number of ether oxygens (including phenoxy) is 2. The molecule has 0 radical (unpaired) electrons. The van der Waals surface area contributed by atoms with Gasteiger partial charge in [-0.05, 0) is 43.7 Å². The fraction of sp³-hybridized carbons (Fsp3) is 1.00. The maximum atomic E-state index is 9.76. The van der Waals surface area contributed by atoms with Crippen molar-refractivity contribution < 1.29 is 14.6 Å². The number of hydrogen-bond acceptors (Lipinski definition) is 5. The lowest BCUT2D eigenvalue weighted by Gasteiger charge is -2.22. The summed E-state index contributed by atoms with van der Waals surface area (Å²) in [4.78, 5) is 0. The van der Waals surface area contributed by atoms with Crippen LogP contribution in [0.4, 0.5) is 0 Å². The van der Waals surface area contributed by atoms with Gasteiger partial charge in [0.25, 0.3) is 0 Å². The zero-order valence-electron chi connectivity index (χ0n) is 11.6. The van der Waals surface area contributed by atoms with Crippen molar-refractivity contribution in [3.63, 3.8) is 0 Å². The van der Waals surface area contributed by atoms with E-state index < -0.39 is 6.10 Å². The van der Waals surface area contributed by atoms with E-state index in [9.17, 15) is 5.11 Å². The third kappa shape index (κ3) is 7.59. The number of hydrogen-bond donors (Lipinski definition) is 2. The van der Waals surface area contributed by atoms with Gasteiger partial charge in [-0.25, -0.2) is 0 Å². The Bertz CT molecular complexity index is 201. The maximum Gasteiger partial charge on any atom is 0.0897 e. The minimum Gasteiger partial charge on any atom is -0.389 e. The molecule has 0 spiro atoms. The van der Waals surface area contributed by atoms with Crippen LogP contribution in [0.15, 0.2) is 0 Å². The van der Waals surface area contributed by atoms with Crippen LogP contribution in [0.25, 0.3) is 0 Å². The van der Waals surface area contributed by atoms with Crippen LogP contribution in [0, 0.1) is 5.92 Å². The lowest BCUT2D eigenvalue weighted by atomic mass is 10.0. The van der Waals surface area contributed by atoms with Gasteiger partial charge in [0.05, 0.1) is 25.4 Å². The molecule has 5 heteroatoms. The Morgan fingerprint density at radius 2 is 2.06 bits per heavy atom. The Morgan fingerprint density at radius 1 is 1.33 bits per heavy atom. The average Bonchev–Trinajstić information content (AvgIpc) is 2.38. The molecule has 1 saturated heterocycles. The normalized spacial score (nSPS) is 20.8. The van der Waals surface area contributed by atoms with Gasteiger partial charge in [0, 0.05) is 13.7 Å². The number of thioether (sulfide) groups is 1. The SMILES string of the molecule is COCC(C)OCC(O)CNCC1CCSCC1. The van der Waals surface area contributed by atoms with Crippen LogP contribution < -0.4 is 5.32 Å². The van der Waals surface area contributed by atoms with E-state index >= 15 is 0 Å². The summed E-state index contributed by atoms with van der Waals surface area (Å²) in [5.74, 6) is 3.35. The van der Waals surface area contributed by atoms with E-state index in [4.69, 9.17) is 9.47 Å². The first-order valence-electron chi connectivity index (χ1n) is 6.79. The van der Waals surface area contributed by atoms with Crippen LogP contribution in [0.1, 0.15) is 19.8 Å². The van der Waals surface area contributed by atoms with Crippen LogP contribution in [-0.4, -0.2) is 62.2 Å². The molecule has 108 valence electrons. The van der Waals surface area contributed by atoms with Gasteiger partial charge in [-0.3, -0.25) is 0 Å². The summed E-state index contributed by atoms with van der Waals surface area (Å²) in [5.41, 5.74) is 0. The smallest absolute Gasteiger partial charge is 0.0897 e. The van der Waals surface area contributed by atoms with Gasteiger partial charge >= 0.3 is 0 Å². The quantitative estimate of drug-likeness (QED) is 0.662. The molecule has 0 amide bonds. The summed E-state index contributed by atoms with van der Waals surface area (Å²) in [6.45, 7) is 4.52. The predicted octanol–water partition coefficient (Wildman–Crippen LogP) is 1.13. The van der Waals surface area contributed by atoms with Gasteiger partial charge < -0.3 is 19.9 Å². The number of aliphatic hydroxyl groups is 1. The molecule has 1 aliphatic rings. The third-order valence-electron chi connectivity index (χ3n) is 3.13. The molecule has 1 aliphatic heterocycles. The Labute approximate surface area is 115 Å². The van der Waals surface area contributed by atoms with Gasteiger partial charge in [0.15, 0.2) is 0 Å². The van der Waals surface area contributed by atoms with Gasteiger partial charge in [0.2, 0.25) is 0 Å². The third-order valence-corrected chi connectivity index (χ3v) is 4.18. The van der Waals surface area contributed by atoms with Crippen LogP contribution >= 0.6 is 11.8 Å². The monoisotopic (exact) mass is 277 g/mol. The van der Waals surface area contributed by atoms with Crippen molar-refractivity contribution in [2.45, 2.75) is 32.0 Å². The summed E-state index contributed by atoms with van der Waals surface area (Å²) in [5, 5.41) is 13.1. The van der Waals surface area contributed by atoms with E-state index in [2.05, 4.69) is 5.32 Å². The topological polar surface area (TPSA) is 50.7 Å². The first-order chi connectivity index (χ1) is 8.72.